The van der Waals surface area contributed by atoms with Crippen molar-refractivity contribution in [2.75, 3.05) is 19.0 Å². The van der Waals surface area contributed by atoms with Crippen LogP contribution in [-0.4, -0.2) is 60.5 Å². The van der Waals surface area contributed by atoms with Gasteiger partial charge in [0.05, 0.1) is 6.10 Å². The van der Waals surface area contributed by atoms with Crippen LogP contribution in [0.3, 0.4) is 0 Å². The van der Waals surface area contributed by atoms with E-state index in [-0.39, 0.29) is 18.4 Å². The highest BCUT2D eigenvalue weighted by molar-refractivity contribution is 7.09. The number of primary amides is 1. The van der Waals surface area contributed by atoms with Crippen LogP contribution < -0.4 is 20.7 Å². The van der Waals surface area contributed by atoms with E-state index in [2.05, 4.69) is 5.32 Å². The Morgan fingerprint density at radius 3 is 2.71 bits per heavy atom. The summed E-state index contributed by atoms with van der Waals surface area (Å²) in [4.78, 5) is 27.4. The molecule has 1 heterocycles. The Morgan fingerprint density at radius 2 is 2.06 bits per heavy atom. The molecular formula is C22H27N3O5S. The zero-order chi connectivity index (χ0) is 22.5. The van der Waals surface area contributed by atoms with Gasteiger partial charge in [0.25, 0.3) is 0 Å². The van der Waals surface area contributed by atoms with Gasteiger partial charge in [0.1, 0.15) is 24.0 Å². The van der Waals surface area contributed by atoms with Crippen LogP contribution in [0.15, 0.2) is 53.4 Å². The third-order valence-electron chi connectivity index (χ3n) is 5.06. The van der Waals surface area contributed by atoms with Gasteiger partial charge in [0, 0.05) is 49.1 Å². The number of carbonyl (C=O) groups excluding carboxylic acids is 2. The number of hydrogen-bond donors (Lipinski definition) is 4. The predicted molar refractivity (Wildman–Crippen MR) is 119 cm³/mol. The lowest BCUT2D eigenvalue weighted by atomic mass is 9.91. The summed E-state index contributed by atoms with van der Waals surface area (Å²) in [6, 6.07) is 10.1. The van der Waals surface area contributed by atoms with Gasteiger partial charge in [0.15, 0.2) is 0 Å². The topological polar surface area (TPSA) is 125 Å². The minimum Gasteiger partial charge on any atom is -0.483 e. The van der Waals surface area contributed by atoms with Crippen molar-refractivity contribution in [1.82, 2.24) is 5.32 Å². The lowest BCUT2D eigenvalue weighted by molar-refractivity contribution is -0.126. The van der Waals surface area contributed by atoms with Gasteiger partial charge in [-0.1, -0.05) is 12.1 Å². The second-order valence-corrected chi connectivity index (χ2v) is 8.67. The van der Waals surface area contributed by atoms with Gasteiger partial charge in [-0.2, -0.15) is 0 Å². The summed E-state index contributed by atoms with van der Waals surface area (Å²) >= 11 is 1.47. The van der Waals surface area contributed by atoms with E-state index in [0.29, 0.717) is 5.75 Å². The molecule has 0 aliphatic heterocycles. The lowest BCUT2D eigenvalue weighted by Crippen LogP contribution is -2.49. The molecule has 2 aromatic rings. The number of ether oxygens (including phenoxy) is 1. The Morgan fingerprint density at radius 1 is 1.29 bits per heavy atom. The second kappa shape index (κ2) is 9.95. The van der Waals surface area contributed by atoms with Crippen molar-refractivity contribution in [3.63, 3.8) is 0 Å². The zero-order valence-corrected chi connectivity index (χ0v) is 18.2. The number of hydrogen-bond acceptors (Lipinski definition) is 7. The summed E-state index contributed by atoms with van der Waals surface area (Å²) in [7, 11) is 3.79. The van der Waals surface area contributed by atoms with Crippen molar-refractivity contribution in [1.29, 1.82) is 0 Å². The second-order valence-electron chi connectivity index (χ2n) is 7.64. The molecule has 0 radical (unpaired) electrons. The van der Waals surface area contributed by atoms with E-state index < -0.39 is 36.2 Å². The molecule has 3 rings (SSSR count). The SMILES string of the molecule is CN(C)c1cccc(OC2C=C(C(=O)NC(Cc3cccs3)C(N)=O)CC(O)C2O)c1. The lowest BCUT2D eigenvalue weighted by Gasteiger charge is -2.31. The fourth-order valence-corrected chi connectivity index (χ4v) is 4.05. The van der Waals surface area contributed by atoms with Crippen molar-refractivity contribution in [2.45, 2.75) is 37.2 Å². The van der Waals surface area contributed by atoms with E-state index in [1.807, 2.05) is 48.6 Å². The van der Waals surface area contributed by atoms with Gasteiger partial charge in [-0.05, 0) is 29.7 Å². The largest absolute Gasteiger partial charge is 0.483 e. The van der Waals surface area contributed by atoms with Crippen molar-refractivity contribution in [2.24, 2.45) is 5.73 Å². The van der Waals surface area contributed by atoms with Gasteiger partial charge in [-0.25, -0.2) is 0 Å². The number of nitrogens with two attached hydrogens (primary N) is 1. The summed E-state index contributed by atoms with van der Waals surface area (Å²) in [5.74, 6) is -0.679. The monoisotopic (exact) mass is 445 g/mol. The number of anilines is 1. The van der Waals surface area contributed by atoms with E-state index in [1.54, 1.807) is 12.1 Å². The zero-order valence-electron chi connectivity index (χ0n) is 17.4. The van der Waals surface area contributed by atoms with Gasteiger partial charge < -0.3 is 30.9 Å². The molecule has 5 N–H and O–H groups in total. The first-order chi connectivity index (χ1) is 14.7. The Bertz CT molecular complexity index is 944. The molecule has 4 unspecified atom stereocenters. The van der Waals surface area contributed by atoms with E-state index in [0.717, 1.165) is 10.6 Å². The fraction of sp³-hybridized carbons (Fsp3) is 0.364. The number of aliphatic hydroxyl groups excluding tert-OH is 2. The van der Waals surface area contributed by atoms with Crippen LogP contribution in [0.2, 0.25) is 0 Å². The Hall–Kier alpha value is -2.88. The number of aliphatic hydroxyl groups is 2. The molecule has 1 aromatic carbocycles. The van der Waals surface area contributed by atoms with Gasteiger partial charge >= 0.3 is 0 Å². The van der Waals surface area contributed by atoms with E-state index >= 15 is 0 Å². The van der Waals surface area contributed by atoms with E-state index in [1.165, 1.54) is 17.4 Å². The summed E-state index contributed by atoms with van der Waals surface area (Å²) in [5.41, 5.74) is 6.59. The highest BCUT2D eigenvalue weighted by atomic mass is 32.1. The molecule has 4 atom stereocenters. The molecule has 0 saturated carbocycles. The highest BCUT2D eigenvalue weighted by Gasteiger charge is 2.35. The molecule has 0 bridgehead atoms. The maximum Gasteiger partial charge on any atom is 0.247 e. The molecule has 9 heteroatoms. The molecule has 8 nitrogen and oxygen atoms in total. The number of benzene rings is 1. The minimum atomic E-state index is -1.20. The maximum atomic E-state index is 12.8. The summed E-state index contributed by atoms with van der Waals surface area (Å²) in [6.07, 6.45) is -1.59. The summed E-state index contributed by atoms with van der Waals surface area (Å²) in [5, 5.41) is 25.2. The third kappa shape index (κ3) is 5.84. The molecule has 0 spiro atoms. The van der Waals surface area contributed by atoms with E-state index in [9.17, 15) is 19.8 Å². The van der Waals surface area contributed by atoms with Crippen molar-refractivity contribution >= 4 is 28.8 Å². The molecule has 31 heavy (non-hydrogen) atoms. The van der Waals surface area contributed by atoms with Gasteiger partial charge in [0.2, 0.25) is 11.8 Å². The van der Waals surface area contributed by atoms with Crippen LogP contribution in [-0.2, 0) is 16.0 Å². The van der Waals surface area contributed by atoms with Crippen molar-refractivity contribution in [3.05, 3.63) is 58.3 Å². The first kappa shape index (κ1) is 22.8. The standard InChI is InChI=1S/C22H27N3O5S/c1-25(2)14-5-3-6-15(11-14)30-19-10-13(9-18(26)20(19)27)22(29)24-17(21(23)28)12-16-7-4-8-31-16/h3-8,10-11,17-20,26-27H,9,12H2,1-2H3,(H2,23,28)(H,24,29). The van der Waals surface area contributed by atoms with Crippen molar-refractivity contribution in [3.8, 4) is 5.75 Å². The number of rotatable bonds is 8. The molecule has 1 aliphatic carbocycles. The predicted octanol–water partition coefficient (Wildman–Crippen LogP) is 0.826. The molecule has 0 fully saturated rings. The fourth-order valence-electron chi connectivity index (χ4n) is 3.30. The number of nitrogens with one attached hydrogen (secondary N) is 1. The molecule has 0 saturated heterocycles. The molecule has 1 aliphatic rings. The number of nitrogens with zero attached hydrogens (tertiary/aromatic N) is 1. The van der Waals surface area contributed by atoms with Crippen LogP contribution in [0.1, 0.15) is 11.3 Å². The maximum absolute atomic E-state index is 12.8. The molecule has 1 aromatic heterocycles. The highest BCUT2D eigenvalue weighted by Crippen LogP contribution is 2.26. The smallest absolute Gasteiger partial charge is 0.247 e. The first-order valence-corrected chi connectivity index (χ1v) is 10.8. The quantitative estimate of drug-likeness (QED) is 0.477. The normalized spacial score (nSPS) is 21.7. The molecular weight excluding hydrogens is 418 g/mol. The first-order valence-electron chi connectivity index (χ1n) is 9.88. The Kier molecular flexibility index (Phi) is 7.32. The number of thiophene rings is 1. The van der Waals surface area contributed by atoms with Crippen molar-refractivity contribution < 1.29 is 24.5 Å². The minimum absolute atomic E-state index is 0.0604. The number of carbonyl (C=O) groups is 2. The molecule has 166 valence electrons. The Labute approximate surface area is 184 Å². The van der Waals surface area contributed by atoms with Crippen LogP contribution >= 0.6 is 11.3 Å². The molecule has 2 amide bonds. The summed E-state index contributed by atoms with van der Waals surface area (Å²) in [6.45, 7) is 0. The van der Waals surface area contributed by atoms with Crippen LogP contribution in [0.4, 0.5) is 5.69 Å². The number of amides is 2. The summed E-state index contributed by atoms with van der Waals surface area (Å²) < 4.78 is 5.86. The van der Waals surface area contributed by atoms with E-state index in [4.69, 9.17) is 10.5 Å². The van der Waals surface area contributed by atoms with Crippen LogP contribution in [0.5, 0.6) is 5.75 Å². The van der Waals surface area contributed by atoms with Gasteiger partial charge in [-0.3, -0.25) is 9.59 Å². The van der Waals surface area contributed by atoms with Crippen LogP contribution in [0.25, 0.3) is 0 Å². The van der Waals surface area contributed by atoms with Crippen LogP contribution in [0, 0.1) is 0 Å². The Balaban J connectivity index is 1.75. The average Bonchev–Trinajstić information content (AvgIpc) is 3.24. The third-order valence-corrected chi connectivity index (χ3v) is 5.96. The average molecular weight is 446 g/mol. The van der Waals surface area contributed by atoms with Gasteiger partial charge in [-0.15, -0.1) is 11.3 Å².